The molecule has 1 aliphatic rings. The SMILES string of the molecule is CCCNC(=O)CCOCCOCCOCCOCCN=CC(=NN)c1ccc(CC(=O)NC[C@@H](O)[C@@H](O)[C@@H]2O[C@@](OCCCCCCc3cn(CCOCCOC)nn3)(C(=O)O)C[C@H](O)[C@H]2NC(=O)CO)cc1. The minimum absolute atomic E-state index is 0.0259. The van der Waals surface area contributed by atoms with E-state index >= 15 is 0 Å². The van der Waals surface area contributed by atoms with Gasteiger partial charge in [-0.1, -0.05) is 49.2 Å². The van der Waals surface area contributed by atoms with Crippen LogP contribution in [0.2, 0.25) is 0 Å². The van der Waals surface area contributed by atoms with Gasteiger partial charge >= 0.3 is 5.97 Å². The number of unbranched alkanes of at least 4 members (excludes halogenated alkanes) is 3. The maximum absolute atomic E-state index is 13.0. The van der Waals surface area contributed by atoms with Crippen LogP contribution in [0.1, 0.15) is 68.7 Å². The number of aliphatic hydroxyl groups excluding tert-OH is 4. The summed E-state index contributed by atoms with van der Waals surface area (Å²) in [6.07, 6.45) is -0.0909. The Labute approximate surface area is 431 Å². The van der Waals surface area contributed by atoms with Crippen LogP contribution in [0.5, 0.6) is 0 Å². The van der Waals surface area contributed by atoms with Gasteiger partial charge in [0.1, 0.15) is 24.5 Å². The second-order valence-corrected chi connectivity index (χ2v) is 17.1. The first kappa shape index (κ1) is 63.2. The van der Waals surface area contributed by atoms with Crippen LogP contribution in [-0.4, -0.2) is 225 Å². The molecule has 0 saturated carbocycles. The molecule has 26 heteroatoms. The molecule has 3 rings (SSSR count). The van der Waals surface area contributed by atoms with Gasteiger partial charge in [0.25, 0.3) is 5.79 Å². The van der Waals surface area contributed by atoms with Crippen molar-refractivity contribution >= 4 is 35.6 Å². The summed E-state index contributed by atoms with van der Waals surface area (Å²) in [7, 11) is 1.60. The van der Waals surface area contributed by atoms with Crippen LogP contribution in [0.15, 0.2) is 40.6 Å². The van der Waals surface area contributed by atoms with Gasteiger partial charge in [-0.15, -0.1) is 5.10 Å². The molecule has 74 heavy (non-hydrogen) atoms. The molecule has 6 atom stereocenters. The molecule has 2 heterocycles. The Hall–Kier alpha value is -5.10. The Kier molecular flexibility index (Phi) is 32.1. The van der Waals surface area contributed by atoms with Crippen molar-refractivity contribution in [3.05, 3.63) is 47.3 Å². The molecule has 0 radical (unpaired) electrons. The van der Waals surface area contributed by atoms with E-state index in [0.717, 1.165) is 25.0 Å². The fraction of sp³-hybridized carbons (Fsp3) is 0.708. The number of methoxy groups -OCH3 is 1. The number of aromatic nitrogens is 3. The number of carboxylic acids is 1. The monoisotopic (exact) mass is 1050 g/mol. The van der Waals surface area contributed by atoms with Gasteiger partial charge in [0, 0.05) is 51.0 Å². The number of nitrogens with one attached hydrogen (secondary N) is 3. The number of hydrazone groups is 1. The number of rotatable bonds is 42. The van der Waals surface area contributed by atoms with E-state index in [9.17, 15) is 44.7 Å². The molecule has 1 aromatic heterocycles. The Bertz CT molecular complexity index is 1950. The third-order valence-corrected chi connectivity index (χ3v) is 11.2. The van der Waals surface area contributed by atoms with Crippen LogP contribution < -0.4 is 21.8 Å². The molecule has 1 fully saturated rings. The van der Waals surface area contributed by atoms with Crippen molar-refractivity contribution in [1.82, 2.24) is 30.9 Å². The van der Waals surface area contributed by atoms with Crippen molar-refractivity contribution < 1.29 is 82.6 Å². The van der Waals surface area contributed by atoms with Gasteiger partial charge in [-0.2, -0.15) is 5.10 Å². The van der Waals surface area contributed by atoms with Crippen LogP contribution >= 0.6 is 0 Å². The summed E-state index contributed by atoms with van der Waals surface area (Å²) >= 11 is 0. The summed E-state index contributed by atoms with van der Waals surface area (Å²) in [5.41, 5.74) is 2.41. The van der Waals surface area contributed by atoms with Gasteiger partial charge in [0.05, 0.1) is 123 Å². The first-order valence-corrected chi connectivity index (χ1v) is 25.0. The van der Waals surface area contributed by atoms with E-state index < -0.39 is 73.6 Å². The molecule has 1 aromatic carbocycles. The molecular formula is C48H79N9O17. The van der Waals surface area contributed by atoms with Gasteiger partial charge in [-0.3, -0.25) is 19.4 Å². The van der Waals surface area contributed by atoms with Crippen LogP contribution in [0, 0.1) is 0 Å². The second kappa shape index (κ2) is 37.6. The third-order valence-electron chi connectivity index (χ3n) is 11.2. The standard InChI is InChI=1S/C48H79N9O17/c1-3-14-51-41(61)13-18-68-23-25-71-27-28-72-26-24-69-19-15-50-31-38(54-49)36-11-9-35(10-12-36)29-42(62)52-32-40(60)45(64)46-44(53-43(63)34-58)39(59)30-48(74-46,47(65)66)73-17-7-5-4-6-8-37-33-57(56-55-37)16-20-70-22-21-67-2/h9-12,31,33,39-40,44-46,58-60,64H,3-8,13-30,32,34,49H2,1-2H3,(H,51,61)(H,52,62)(H,53,63)(H,65,66)/t39-,40+,44+,45+,46+,48+/m0/s1. The summed E-state index contributed by atoms with van der Waals surface area (Å²) in [6.45, 7) is 6.44. The van der Waals surface area contributed by atoms with Crippen molar-refractivity contribution in [3.8, 4) is 0 Å². The molecule has 1 aliphatic heterocycles. The van der Waals surface area contributed by atoms with Gasteiger partial charge in [-0.25, -0.2) is 9.48 Å². The highest BCUT2D eigenvalue weighted by molar-refractivity contribution is 6.38. The Morgan fingerprint density at radius 2 is 1.54 bits per heavy atom. The lowest BCUT2D eigenvalue weighted by atomic mass is 9.88. The lowest BCUT2D eigenvalue weighted by molar-refractivity contribution is -0.310. The molecule has 10 N–H and O–H groups in total. The maximum Gasteiger partial charge on any atom is 0.364 e. The Morgan fingerprint density at radius 3 is 2.20 bits per heavy atom. The maximum atomic E-state index is 13.0. The number of carboxylic acid groups (broad SMARTS) is 1. The fourth-order valence-electron chi connectivity index (χ4n) is 7.24. The highest BCUT2D eigenvalue weighted by Gasteiger charge is 2.55. The van der Waals surface area contributed by atoms with E-state index in [1.54, 1.807) is 36.1 Å². The topological polar surface area (TPSA) is 361 Å². The number of carbonyl (C=O) groups is 4. The number of aryl methyl sites for hydroxylation is 1. The highest BCUT2D eigenvalue weighted by atomic mass is 16.7. The van der Waals surface area contributed by atoms with Crippen molar-refractivity contribution in [3.63, 3.8) is 0 Å². The molecule has 3 amide bonds. The van der Waals surface area contributed by atoms with Crippen molar-refractivity contribution in [2.45, 2.75) is 108 Å². The van der Waals surface area contributed by atoms with E-state index in [1.807, 2.05) is 13.1 Å². The lowest BCUT2D eigenvalue weighted by Crippen LogP contribution is -2.68. The number of hydrogen-bond donors (Lipinski definition) is 9. The van der Waals surface area contributed by atoms with Crippen molar-refractivity contribution in [2.75, 3.05) is 113 Å². The van der Waals surface area contributed by atoms with Gasteiger partial charge in [0.2, 0.25) is 17.7 Å². The molecule has 26 nitrogen and oxygen atoms in total. The van der Waals surface area contributed by atoms with E-state index in [2.05, 4.69) is 36.4 Å². The molecular weight excluding hydrogens is 975 g/mol. The minimum atomic E-state index is -2.47. The van der Waals surface area contributed by atoms with E-state index in [4.69, 9.17) is 43.7 Å². The lowest BCUT2D eigenvalue weighted by Gasteiger charge is -2.46. The number of benzene rings is 1. The molecule has 0 spiro atoms. The first-order valence-electron chi connectivity index (χ1n) is 25.0. The molecule has 2 aromatic rings. The van der Waals surface area contributed by atoms with Crippen molar-refractivity contribution in [2.24, 2.45) is 15.9 Å². The van der Waals surface area contributed by atoms with Crippen LogP contribution in [0.25, 0.3) is 0 Å². The van der Waals surface area contributed by atoms with E-state index in [0.29, 0.717) is 135 Å². The summed E-state index contributed by atoms with van der Waals surface area (Å²) in [4.78, 5) is 53.7. The largest absolute Gasteiger partial charge is 0.477 e. The molecule has 0 aliphatic carbocycles. The molecule has 418 valence electrons. The Balaban J connectivity index is 1.38. The zero-order chi connectivity index (χ0) is 53.8. The van der Waals surface area contributed by atoms with Crippen LogP contribution in [-0.2, 0) is 76.5 Å². The number of aliphatic imine (C=N–C) groups is 1. The number of hydrogen-bond acceptors (Lipinski definition) is 21. The number of ether oxygens (including phenoxy) is 8. The fourth-order valence-corrected chi connectivity index (χ4v) is 7.24. The number of aliphatic hydroxyl groups is 4. The number of amides is 3. The van der Waals surface area contributed by atoms with Crippen molar-refractivity contribution in [1.29, 1.82) is 0 Å². The van der Waals surface area contributed by atoms with Crippen LogP contribution in [0.4, 0.5) is 0 Å². The minimum Gasteiger partial charge on any atom is -0.477 e. The van der Waals surface area contributed by atoms with E-state index in [-0.39, 0.29) is 18.9 Å². The summed E-state index contributed by atoms with van der Waals surface area (Å²) < 4.78 is 45.6. The summed E-state index contributed by atoms with van der Waals surface area (Å²) in [5.74, 6) is 0.0204. The molecule has 0 unspecified atom stereocenters. The average Bonchev–Trinajstić information content (AvgIpc) is 3.85. The zero-order valence-electron chi connectivity index (χ0n) is 42.7. The summed E-state index contributed by atoms with van der Waals surface area (Å²) in [5, 5.41) is 72.8. The summed E-state index contributed by atoms with van der Waals surface area (Å²) in [6, 6.07) is 5.27. The zero-order valence-corrected chi connectivity index (χ0v) is 42.7. The predicted octanol–water partition coefficient (Wildman–Crippen LogP) is -1.73. The molecule has 0 bridgehead atoms. The smallest absolute Gasteiger partial charge is 0.364 e. The average molecular weight is 1050 g/mol. The van der Waals surface area contributed by atoms with Gasteiger partial charge in [-0.05, 0) is 31.2 Å². The quantitative estimate of drug-likeness (QED) is 0.0154. The third kappa shape index (κ3) is 25.0. The van der Waals surface area contributed by atoms with Gasteiger partial charge in [0.15, 0.2) is 0 Å². The highest BCUT2D eigenvalue weighted by Crippen LogP contribution is 2.34. The van der Waals surface area contributed by atoms with Gasteiger partial charge < -0.3 is 85.2 Å². The first-order chi connectivity index (χ1) is 35.9. The number of nitrogens with two attached hydrogens (primary N) is 1. The number of aliphatic carboxylic acids is 1. The van der Waals surface area contributed by atoms with E-state index in [1.165, 1.54) is 6.21 Å². The normalized spacial score (nSPS) is 18.8. The molecule has 1 saturated heterocycles. The number of nitrogens with zero attached hydrogens (tertiary/aromatic N) is 5. The predicted molar refractivity (Wildman–Crippen MR) is 266 cm³/mol. The second-order valence-electron chi connectivity index (χ2n) is 17.1. The Morgan fingerprint density at radius 1 is 0.878 bits per heavy atom. The number of carbonyl (C=O) groups excluding carboxylic acids is 3. The van der Waals surface area contributed by atoms with Crippen LogP contribution in [0.3, 0.4) is 0 Å².